The summed E-state index contributed by atoms with van der Waals surface area (Å²) in [5.74, 6) is -0.248. The molecule has 6 nitrogen and oxygen atoms in total. The fourth-order valence-electron chi connectivity index (χ4n) is 3.77. The molecule has 0 aromatic heterocycles. The van der Waals surface area contributed by atoms with Crippen LogP contribution in [0.15, 0.2) is 22.7 Å². The minimum Gasteiger partial charge on any atom is -0.444 e. The first-order valence-corrected chi connectivity index (χ1v) is 10.5. The second-order valence-electron chi connectivity index (χ2n) is 8.48. The van der Waals surface area contributed by atoms with Crippen LogP contribution in [-0.4, -0.2) is 46.9 Å². The summed E-state index contributed by atoms with van der Waals surface area (Å²) < 4.78 is 6.38. The van der Waals surface area contributed by atoms with E-state index in [1.54, 1.807) is 20.8 Å². The molecular formula is C21H27BrN2O4. The van der Waals surface area contributed by atoms with E-state index in [0.29, 0.717) is 32.2 Å². The average molecular weight is 451 g/mol. The molecule has 1 aliphatic heterocycles. The Morgan fingerprint density at radius 3 is 2.68 bits per heavy atom. The standard InChI is InChI=1S/C21H27BrN2O4/c1-21(2,3)28-20(27)24-10-4-5-17(24)19(26)23-16-12-14-11-15(22)8-6-13(14)7-9-18(16)25/h6,8,11,16-17H,4-5,7,9-10,12H2,1-3H3,(H,23,26)/t16?,17-/m0/s1. The predicted molar refractivity (Wildman–Crippen MR) is 109 cm³/mol. The van der Waals surface area contributed by atoms with Crippen LogP contribution in [-0.2, 0) is 27.2 Å². The quantitative estimate of drug-likeness (QED) is 0.700. The molecule has 1 heterocycles. The van der Waals surface area contributed by atoms with Crippen molar-refractivity contribution in [2.24, 2.45) is 0 Å². The van der Waals surface area contributed by atoms with E-state index in [1.807, 2.05) is 18.2 Å². The zero-order valence-electron chi connectivity index (χ0n) is 16.6. The van der Waals surface area contributed by atoms with E-state index in [2.05, 4.69) is 21.2 Å². The molecule has 2 atom stereocenters. The Balaban J connectivity index is 1.70. The molecule has 0 saturated carbocycles. The lowest BCUT2D eigenvalue weighted by Crippen LogP contribution is -2.52. The molecule has 28 heavy (non-hydrogen) atoms. The van der Waals surface area contributed by atoms with Crippen molar-refractivity contribution >= 4 is 33.7 Å². The largest absolute Gasteiger partial charge is 0.444 e. The second kappa shape index (κ2) is 8.23. The van der Waals surface area contributed by atoms with Gasteiger partial charge in [0.2, 0.25) is 5.91 Å². The van der Waals surface area contributed by atoms with Gasteiger partial charge in [-0.05, 0) is 63.3 Å². The summed E-state index contributed by atoms with van der Waals surface area (Å²) >= 11 is 3.47. The number of amides is 2. The van der Waals surface area contributed by atoms with Gasteiger partial charge in [0, 0.05) is 23.9 Å². The number of nitrogens with one attached hydrogen (secondary N) is 1. The number of hydrogen-bond acceptors (Lipinski definition) is 4. The van der Waals surface area contributed by atoms with Crippen LogP contribution in [0.1, 0.15) is 51.2 Å². The average Bonchev–Trinajstić information content (AvgIpc) is 3.03. The number of hydrogen-bond donors (Lipinski definition) is 1. The number of rotatable bonds is 2. The van der Waals surface area contributed by atoms with E-state index >= 15 is 0 Å². The summed E-state index contributed by atoms with van der Waals surface area (Å²) in [4.78, 5) is 39.4. The Morgan fingerprint density at radius 2 is 1.96 bits per heavy atom. The number of aryl methyl sites for hydroxylation is 1. The van der Waals surface area contributed by atoms with Gasteiger partial charge >= 0.3 is 6.09 Å². The summed E-state index contributed by atoms with van der Waals surface area (Å²) in [5, 5.41) is 2.91. The maximum absolute atomic E-state index is 12.9. The fourth-order valence-corrected chi connectivity index (χ4v) is 4.18. The lowest BCUT2D eigenvalue weighted by atomic mass is 10.0. The Hall–Kier alpha value is -1.89. The van der Waals surface area contributed by atoms with Gasteiger partial charge in [0.15, 0.2) is 5.78 Å². The number of nitrogens with zero attached hydrogens (tertiary/aromatic N) is 1. The van der Waals surface area contributed by atoms with Gasteiger partial charge < -0.3 is 10.1 Å². The molecule has 1 aliphatic carbocycles. The molecule has 1 saturated heterocycles. The van der Waals surface area contributed by atoms with E-state index in [4.69, 9.17) is 4.74 Å². The molecule has 1 unspecified atom stereocenters. The zero-order valence-corrected chi connectivity index (χ0v) is 18.2. The Kier molecular flexibility index (Phi) is 6.12. The van der Waals surface area contributed by atoms with E-state index in [1.165, 1.54) is 4.90 Å². The zero-order chi connectivity index (χ0) is 20.5. The molecule has 7 heteroatoms. The Morgan fingerprint density at radius 1 is 1.21 bits per heavy atom. The first kappa shape index (κ1) is 20.8. The van der Waals surface area contributed by atoms with E-state index in [-0.39, 0.29) is 11.7 Å². The number of fused-ring (bicyclic) bond motifs is 1. The normalized spacial score (nSPS) is 22.4. The van der Waals surface area contributed by atoms with Crippen LogP contribution >= 0.6 is 15.9 Å². The fraction of sp³-hybridized carbons (Fsp3) is 0.571. The van der Waals surface area contributed by atoms with Gasteiger partial charge in [0.05, 0.1) is 6.04 Å². The number of ether oxygens (including phenoxy) is 1. The molecule has 1 aromatic rings. The van der Waals surface area contributed by atoms with E-state index in [0.717, 1.165) is 22.0 Å². The van der Waals surface area contributed by atoms with Crippen molar-refractivity contribution in [1.82, 2.24) is 10.2 Å². The predicted octanol–water partition coefficient (Wildman–Crippen LogP) is 3.39. The van der Waals surface area contributed by atoms with E-state index < -0.39 is 23.8 Å². The summed E-state index contributed by atoms with van der Waals surface area (Å²) in [6.07, 6.45) is 2.39. The van der Waals surface area contributed by atoms with Crippen molar-refractivity contribution in [1.29, 1.82) is 0 Å². The van der Waals surface area contributed by atoms with Crippen LogP contribution in [0, 0.1) is 0 Å². The van der Waals surface area contributed by atoms with Gasteiger partial charge in [-0.3, -0.25) is 14.5 Å². The van der Waals surface area contributed by atoms with E-state index in [9.17, 15) is 14.4 Å². The van der Waals surface area contributed by atoms with Crippen molar-refractivity contribution in [2.45, 2.75) is 70.6 Å². The molecule has 0 bridgehead atoms. The number of Topliss-reactive ketones (excluding diaryl/α,β-unsaturated/α-hetero) is 1. The van der Waals surface area contributed by atoms with Gasteiger partial charge in [-0.25, -0.2) is 4.79 Å². The highest BCUT2D eigenvalue weighted by Gasteiger charge is 2.38. The van der Waals surface area contributed by atoms with Gasteiger partial charge in [0.25, 0.3) is 0 Å². The maximum Gasteiger partial charge on any atom is 0.410 e. The highest BCUT2D eigenvalue weighted by Crippen LogP contribution is 2.25. The highest BCUT2D eigenvalue weighted by molar-refractivity contribution is 9.10. The molecule has 1 fully saturated rings. The number of benzene rings is 1. The number of ketones is 1. The third-order valence-corrected chi connectivity index (χ3v) is 5.61. The van der Waals surface area contributed by atoms with Gasteiger partial charge in [-0.2, -0.15) is 0 Å². The van der Waals surface area contributed by atoms with Crippen LogP contribution in [0.25, 0.3) is 0 Å². The molecule has 2 aliphatic rings. The van der Waals surface area contributed by atoms with Crippen molar-refractivity contribution in [3.63, 3.8) is 0 Å². The maximum atomic E-state index is 12.9. The Labute approximate surface area is 174 Å². The summed E-state index contributed by atoms with van der Waals surface area (Å²) in [6, 6.07) is 4.85. The summed E-state index contributed by atoms with van der Waals surface area (Å²) in [7, 11) is 0. The van der Waals surface area contributed by atoms with Crippen LogP contribution < -0.4 is 5.32 Å². The second-order valence-corrected chi connectivity index (χ2v) is 9.39. The van der Waals surface area contributed by atoms with Crippen molar-refractivity contribution in [3.05, 3.63) is 33.8 Å². The number of likely N-dealkylation sites (tertiary alicyclic amines) is 1. The van der Waals surface area contributed by atoms with Gasteiger partial charge in [0.1, 0.15) is 11.6 Å². The highest BCUT2D eigenvalue weighted by atomic mass is 79.9. The van der Waals surface area contributed by atoms with Crippen LogP contribution in [0.4, 0.5) is 4.79 Å². The number of halogens is 1. The minimum atomic E-state index is -0.616. The molecular weight excluding hydrogens is 424 g/mol. The lowest BCUT2D eigenvalue weighted by molar-refractivity contribution is -0.130. The molecule has 2 amide bonds. The van der Waals surface area contributed by atoms with Crippen molar-refractivity contribution in [2.75, 3.05) is 6.54 Å². The molecule has 1 aromatic carbocycles. The van der Waals surface area contributed by atoms with Gasteiger partial charge in [-0.1, -0.05) is 22.0 Å². The summed E-state index contributed by atoms with van der Waals surface area (Å²) in [5.41, 5.74) is 1.60. The SMILES string of the molecule is CC(C)(C)OC(=O)N1CCC[C@H]1C(=O)NC1Cc2cc(Br)ccc2CCC1=O. The molecule has 3 rings (SSSR count). The van der Waals surface area contributed by atoms with Crippen molar-refractivity contribution in [3.8, 4) is 0 Å². The van der Waals surface area contributed by atoms with Crippen LogP contribution in [0.5, 0.6) is 0 Å². The summed E-state index contributed by atoms with van der Waals surface area (Å²) in [6.45, 7) is 5.89. The molecule has 0 spiro atoms. The molecule has 1 N–H and O–H groups in total. The Bertz CT molecular complexity index is 787. The monoisotopic (exact) mass is 450 g/mol. The smallest absolute Gasteiger partial charge is 0.410 e. The topological polar surface area (TPSA) is 75.7 Å². The molecule has 0 radical (unpaired) electrons. The first-order valence-electron chi connectivity index (χ1n) is 9.74. The number of carbonyl (C=O) groups excluding carboxylic acids is 3. The minimum absolute atomic E-state index is 0.0301. The van der Waals surface area contributed by atoms with Gasteiger partial charge in [-0.15, -0.1) is 0 Å². The third kappa shape index (κ3) is 4.93. The number of carbonyl (C=O) groups is 3. The lowest BCUT2D eigenvalue weighted by Gasteiger charge is -2.29. The third-order valence-electron chi connectivity index (χ3n) is 5.12. The van der Waals surface area contributed by atoms with Crippen molar-refractivity contribution < 1.29 is 19.1 Å². The van der Waals surface area contributed by atoms with Crippen LogP contribution in [0.3, 0.4) is 0 Å². The first-order chi connectivity index (χ1) is 13.1. The van der Waals surface area contributed by atoms with Crippen LogP contribution in [0.2, 0.25) is 0 Å². The molecule has 152 valence electrons.